The fraction of sp³-hybridized carbons (Fsp3) is 0.154. The van der Waals surface area contributed by atoms with Gasteiger partial charge in [-0.1, -0.05) is 146 Å². The van der Waals surface area contributed by atoms with Crippen molar-refractivity contribution in [2.45, 2.75) is 40.0 Å². The average molecular weight is 761 g/mol. The highest BCUT2D eigenvalue weighted by molar-refractivity contribution is 5.82. The van der Waals surface area contributed by atoms with E-state index in [-0.39, 0.29) is 0 Å². The van der Waals surface area contributed by atoms with Gasteiger partial charge in [0.1, 0.15) is 0 Å². The predicted octanol–water partition coefficient (Wildman–Crippen LogP) is 11.8. The van der Waals surface area contributed by atoms with Crippen LogP contribution in [-0.4, -0.2) is 25.5 Å². The molecule has 0 bridgehead atoms. The van der Waals surface area contributed by atoms with Gasteiger partial charge in [0, 0.05) is 37.6 Å². The van der Waals surface area contributed by atoms with Crippen molar-refractivity contribution in [3.8, 4) is 0 Å². The van der Waals surface area contributed by atoms with Crippen molar-refractivity contribution in [1.82, 2.24) is 0 Å². The van der Waals surface area contributed by atoms with Crippen LogP contribution in [-0.2, 0) is 26.2 Å². The van der Waals surface area contributed by atoms with Crippen LogP contribution < -0.4 is 19.8 Å². The third-order valence-corrected chi connectivity index (χ3v) is 10.2. The van der Waals surface area contributed by atoms with Crippen molar-refractivity contribution < 1.29 is 0 Å². The van der Waals surface area contributed by atoms with Crippen molar-refractivity contribution in [3.05, 3.63) is 228 Å². The molecule has 7 rings (SSSR count). The first-order chi connectivity index (χ1) is 28.6. The summed E-state index contributed by atoms with van der Waals surface area (Å²) in [4.78, 5) is 4.77. The van der Waals surface area contributed by atoms with Gasteiger partial charge in [0.15, 0.2) is 0 Å². The summed E-state index contributed by atoms with van der Waals surface area (Å²) >= 11 is 0. The predicted molar refractivity (Wildman–Crippen MR) is 246 cm³/mol. The second kappa shape index (κ2) is 20.3. The van der Waals surface area contributed by atoms with Crippen LogP contribution in [0.1, 0.15) is 47.2 Å². The van der Waals surface area contributed by atoms with Crippen molar-refractivity contribution in [2.24, 2.45) is 10.2 Å². The zero-order valence-corrected chi connectivity index (χ0v) is 33.6. The molecule has 0 aromatic heterocycles. The summed E-state index contributed by atoms with van der Waals surface area (Å²) in [6.45, 7) is 9.25. The molecule has 0 N–H and O–H groups in total. The van der Waals surface area contributed by atoms with E-state index in [0.717, 1.165) is 59.8 Å². The average Bonchev–Trinajstić information content (AvgIpc) is 3.29. The number of rotatable bonds is 18. The minimum absolute atomic E-state index is 0.618. The van der Waals surface area contributed by atoms with Crippen LogP contribution >= 0.6 is 0 Å². The van der Waals surface area contributed by atoms with E-state index in [1.165, 1.54) is 22.5 Å². The summed E-state index contributed by atoms with van der Waals surface area (Å²) < 4.78 is 0. The van der Waals surface area contributed by atoms with E-state index in [4.69, 9.17) is 10.2 Å². The molecule has 0 aliphatic heterocycles. The van der Waals surface area contributed by atoms with Gasteiger partial charge in [-0.25, -0.2) is 0 Å². The van der Waals surface area contributed by atoms with Crippen LogP contribution in [0.25, 0.3) is 0 Å². The van der Waals surface area contributed by atoms with E-state index in [9.17, 15) is 0 Å². The molecule has 0 radical (unpaired) electrons. The van der Waals surface area contributed by atoms with E-state index in [2.05, 4.69) is 216 Å². The second-order valence-corrected chi connectivity index (χ2v) is 14.3. The molecule has 0 saturated heterocycles. The van der Waals surface area contributed by atoms with Gasteiger partial charge in [0.05, 0.1) is 36.9 Å². The van der Waals surface area contributed by atoms with Crippen LogP contribution in [0.2, 0.25) is 0 Å². The SMILES string of the molecule is CCN(Cc1ccccc1)c1ccc(/C=N/N(Cc2cccc(CN(/N=C/c3ccc(N(CC)Cc4ccccc4)cc3)c3ccccc3)c2)c2ccccc2)cc1. The normalized spacial score (nSPS) is 11.2. The van der Waals surface area contributed by atoms with Crippen molar-refractivity contribution in [3.63, 3.8) is 0 Å². The monoisotopic (exact) mass is 760 g/mol. The molecular weight excluding hydrogens is 709 g/mol. The van der Waals surface area contributed by atoms with E-state index >= 15 is 0 Å². The molecule has 290 valence electrons. The molecule has 6 heteroatoms. The zero-order chi connectivity index (χ0) is 39.8. The summed E-state index contributed by atoms with van der Waals surface area (Å²) in [6, 6.07) is 68.1. The van der Waals surface area contributed by atoms with Crippen LogP contribution in [0.15, 0.2) is 204 Å². The summed E-state index contributed by atoms with van der Waals surface area (Å²) in [7, 11) is 0. The molecule has 7 aromatic rings. The van der Waals surface area contributed by atoms with Crippen LogP contribution in [0.4, 0.5) is 22.7 Å². The second-order valence-electron chi connectivity index (χ2n) is 14.3. The number of hydrogen-bond donors (Lipinski definition) is 0. The Morgan fingerprint density at radius 3 is 1.05 bits per heavy atom. The molecule has 7 aromatic carbocycles. The zero-order valence-electron chi connectivity index (χ0n) is 33.6. The van der Waals surface area contributed by atoms with Gasteiger partial charge in [0.2, 0.25) is 0 Å². The lowest BCUT2D eigenvalue weighted by Gasteiger charge is -2.23. The maximum absolute atomic E-state index is 5.02. The maximum atomic E-state index is 5.02. The first-order valence-corrected chi connectivity index (χ1v) is 20.2. The van der Waals surface area contributed by atoms with Crippen LogP contribution in [0.5, 0.6) is 0 Å². The Hall–Kier alpha value is -6.92. The molecule has 0 atom stereocenters. The summed E-state index contributed by atoms with van der Waals surface area (Å²) in [5.74, 6) is 0. The highest BCUT2D eigenvalue weighted by Gasteiger charge is 2.11. The van der Waals surface area contributed by atoms with E-state index in [1.807, 2.05) is 24.6 Å². The highest BCUT2D eigenvalue weighted by atomic mass is 15.5. The molecule has 58 heavy (non-hydrogen) atoms. The summed E-state index contributed by atoms with van der Waals surface area (Å²) in [5, 5.41) is 14.2. The van der Waals surface area contributed by atoms with Gasteiger partial charge in [-0.15, -0.1) is 0 Å². The number of nitrogens with zero attached hydrogens (tertiary/aromatic N) is 6. The smallest absolute Gasteiger partial charge is 0.0666 e. The highest BCUT2D eigenvalue weighted by Crippen LogP contribution is 2.23. The maximum Gasteiger partial charge on any atom is 0.0666 e. The Labute approximate surface area is 344 Å². The molecule has 6 nitrogen and oxygen atoms in total. The molecule has 0 fully saturated rings. The van der Waals surface area contributed by atoms with Gasteiger partial charge in [-0.05, 0) is 95.8 Å². The fourth-order valence-corrected chi connectivity index (χ4v) is 6.96. The third kappa shape index (κ3) is 11.1. The first kappa shape index (κ1) is 39.3. The molecule has 0 spiro atoms. The fourth-order valence-electron chi connectivity index (χ4n) is 6.96. The summed E-state index contributed by atoms with van der Waals surface area (Å²) in [5.41, 5.74) is 11.5. The Morgan fingerprint density at radius 1 is 0.345 bits per heavy atom. The minimum atomic E-state index is 0.618. The Morgan fingerprint density at radius 2 is 0.690 bits per heavy atom. The number of benzene rings is 7. The lowest BCUT2D eigenvalue weighted by atomic mass is 10.1. The Kier molecular flexibility index (Phi) is 13.8. The lowest BCUT2D eigenvalue weighted by molar-refractivity contribution is 0.831. The number of para-hydroxylation sites is 2. The number of hydrogen-bond acceptors (Lipinski definition) is 6. The third-order valence-electron chi connectivity index (χ3n) is 10.2. The van der Waals surface area contributed by atoms with E-state index < -0.39 is 0 Å². The van der Waals surface area contributed by atoms with Gasteiger partial charge in [0.25, 0.3) is 0 Å². The van der Waals surface area contributed by atoms with Crippen molar-refractivity contribution in [2.75, 3.05) is 32.9 Å². The molecule has 0 amide bonds. The van der Waals surface area contributed by atoms with Gasteiger partial charge in [-0.3, -0.25) is 10.0 Å². The molecule has 0 aliphatic rings. The minimum Gasteiger partial charge on any atom is -0.367 e. The number of anilines is 4. The Balaban J connectivity index is 1.05. The largest absolute Gasteiger partial charge is 0.367 e. The van der Waals surface area contributed by atoms with E-state index in [1.54, 1.807) is 0 Å². The van der Waals surface area contributed by atoms with Crippen LogP contribution in [0.3, 0.4) is 0 Å². The number of hydrazone groups is 2. The van der Waals surface area contributed by atoms with Crippen molar-refractivity contribution in [1.29, 1.82) is 0 Å². The molecular formula is C52H52N6. The quantitative estimate of drug-likeness (QED) is 0.0645. The van der Waals surface area contributed by atoms with E-state index in [0.29, 0.717) is 13.1 Å². The van der Waals surface area contributed by atoms with Crippen LogP contribution in [0, 0.1) is 0 Å². The topological polar surface area (TPSA) is 37.7 Å². The standard InChI is InChI=1S/C52H52N6/c1-3-55(39-45-18-9-5-10-19-45)49-32-28-43(29-33-49)37-53-57(51-24-13-7-14-25-51)41-47-22-17-23-48(36-47)42-58(52-26-15-8-16-27-52)54-38-44-30-34-50(35-31-44)56(4-2)40-46-20-11-6-12-21-46/h5-38H,3-4,39-42H2,1-2H3/b53-37+,54-38+. The first-order valence-electron chi connectivity index (χ1n) is 20.2. The molecule has 0 saturated carbocycles. The van der Waals surface area contributed by atoms with Gasteiger partial charge >= 0.3 is 0 Å². The molecule has 0 aliphatic carbocycles. The summed E-state index contributed by atoms with van der Waals surface area (Å²) in [6.07, 6.45) is 3.91. The van der Waals surface area contributed by atoms with Gasteiger partial charge in [-0.2, -0.15) is 10.2 Å². The Bertz CT molecular complexity index is 2150. The van der Waals surface area contributed by atoms with Crippen molar-refractivity contribution >= 4 is 35.2 Å². The molecule has 0 heterocycles. The van der Waals surface area contributed by atoms with Gasteiger partial charge < -0.3 is 9.80 Å². The molecule has 0 unspecified atom stereocenters. The lowest BCUT2D eigenvalue weighted by Crippen LogP contribution is -2.21.